The molecule has 18 nitrogen and oxygen atoms in total. The average Bonchev–Trinajstić information content (AvgIpc) is 3.27. The Bertz CT molecular complexity index is 1880. The van der Waals surface area contributed by atoms with E-state index >= 15 is 0 Å². The number of carbonyl (C=O) groups excluding carboxylic acids is 8. The Morgan fingerprint density at radius 1 is 0.609 bits per heavy atom. The van der Waals surface area contributed by atoms with Gasteiger partial charge in [-0.1, -0.05) is 52.0 Å². The van der Waals surface area contributed by atoms with Crippen molar-refractivity contribution < 1.29 is 48.3 Å². The number of nitrogens with two attached hydrogens (primary N) is 1. The number of nitrogens with one attached hydrogen (secondary N) is 7. The Balaban J connectivity index is 1.81. The number of Topliss-reactive ketones (excluding diaryl/α,β-unsaturated/α-hetero) is 1. The van der Waals surface area contributed by atoms with Crippen molar-refractivity contribution in [2.24, 2.45) is 17.6 Å². The van der Waals surface area contributed by atoms with E-state index in [4.69, 9.17) is 5.73 Å². The second-order valence-corrected chi connectivity index (χ2v) is 16.9. The highest BCUT2D eigenvalue weighted by atomic mass is 32.2. The first-order valence-corrected chi connectivity index (χ1v) is 23.0. The standard InChI is InChI=1S/C45H66N8O10S/c1-28(2)36(54)11-6-7-12-37(55)47-22-9-8-10-35(45(62)63)51-38(56)26-50-43(60)34(21-23-64-5)52-42(59)33-19-15-31(16-20-33)25-48-44(61)40(29(3)4)53-39(57)27-49-41(58)32-17-13-30(24-46)14-18-32/h13-20,28-29,34-35,40H,6-12,21-27,46H2,1-5H3,(H,47,55)(H,48,61)(H,49,58)(H,50,60)(H,51,56)(H,52,59)(H,53,57)(H,62,63). The lowest BCUT2D eigenvalue weighted by molar-refractivity contribution is -0.142. The van der Waals surface area contributed by atoms with Crippen molar-refractivity contribution >= 4 is 64.9 Å². The van der Waals surface area contributed by atoms with E-state index in [2.05, 4.69) is 37.2 Å². The van der Waals surface area contributed by atoms with Gasteiger partial charge in [0.1, 0.15) is 23.9 Å². The number of carbonyl (C=O) groups is 9. The Morgan fingerprint density at radius 3 is 1.80 bits per heavy atom. The first kappa shape index (κ1) is 54.3. The van der Waals surface area contributed by atoms with Gasteiger partial charge in [-0.25, -0.2) is 4.79 Å². The van der Waals surface area contributed by atoms with Crippen LogP contribution in [0.15, 0.2) is 48.5 Å². The molecule has 2 aromatic rings. The molecule has 352 valence electrons. The summed E-state index contributed by atoms with van der Waals surface area (Å²) in [6, 6.07) is 9.88. The first-order chi connectivity index (χ1) is 30.4. The molecule has 0 heterocycles. The molecule has 19 heteroatoms. The summed E-state index contributed by atoms with van der Waals surface area (Å²) in [5.74, 6) is -4.34. The normalized spacial score (nSPS) is 12.3. The predicted octanol–water partition coefficient (Wildman–Crippen LogP) is 1.94. The molecule has 0 bridgehead atoms. The summed E-state index contributed by atoms with van der Waals surface area (Å²) >= 11 is 1.46. The number of amides is 7. The molecule has 0 spiro atoms. The van der Waals surface area contributed by atoms with Crippen molar-refractivity contribution in [2.45, 2.75) is 110 Å². The summed E-state index contributed by atoms with van der Waals surface area (Å²) in [4.78, 5) is 113. The molecule has 3 atom stereocenters. The van der Waals surface area contributed by atoms with Crippen LogP contribution >= 0.6 is 11.8 Å². The fraction of sp³-hybridized carbons (Fsp3) is 0.533. The quantitative estimate of drug-likeness (QED) is 0.0509. The van der Waals surface area contributed by atoms with Gasteiger partial charge in [0.05, 0.1) is 13.1 Å². The van der Waals surface area contributed by atoms with Crippen LogP contribution in [0.25, 0.3) is 0 Å². The van der Waals surface area contributed by atoms with Crippen molar-refractivity contribution in [3.8, 4) is 0 Å². The average molecular weight is 911 g/mol. The van der Waals surface area contributed by atoms with Crippen molar-refractivity contribution in [1.82, 2.24) is 37.2 Å². The first-order valence-electron chi connectivity index (χ1n) is 21.6. The minimum Gasteiger partial charge on any atom is -0.480 e. The number of carboxylic acids is 1. The van der Waals surface area contributed by atoms with Gasteiger partial charge >= 0.3 is 5.97 Å². The third kappa shape index (κ3) is 21.0. The van der Waals surface area contributed by atoms with Gasteiger partial charge in [0, 0.05) is 49.5 Å². The van der Waals surface area contributed by atoms with Gasteiger partial charge in [0.2, 0.25) is 29.5 Å². The van der Waals surface area contributed by atoms with Crippen LogP contribution in [-0.2, 0) is 46.7 Å². The lowest BCUT2D eigenvalue weighted by atomic mass is 10.0. The largest absolute Gasteiger partial charge is 0.480 e. The van der Waals surface area contributed by atoms with Crippen molar-refractivity contribution in [2.75, 3.05) is 31.6 Å². The summed E-state index contributed by atoms with van der Waals surface area (Å²) in [7, 11) is 0. The third-order valence-corrected chi connectivity index (χ3v) is 10.7. The Hall–Kier alpha value is -5.82. The lowest BCUT2D eigenvalue weighted by Gasteiger charge is -2.22. The molecule has 0 saturated heterocycles. The molecule has 2 rings (SSSR count). The monoisotopic (exact) mass is 910 g/mol. The van der Waals surface area contributed by atoms with E-state index in [1.165, 1.54) is 23.9 Å². The summed E-state index contributed by atoms with van der Waals surface area (Å²) in [6.45, 7) is 7.13. The van der Waals surface area contributed by atoms with Gasteiger partial charge in [-0.2, -0.15) is 11.8 Å². The van der Waals surface area contributed by atoms with Crippen molar-refractivity contribution in [1.29, 1.82) is 0 Å². The van der Waals surface area contributed by atoms with Crippen molar-refractivity contribution in [3.63, 3.8) is 0 Å². The van der Waals surface area contributed by atoms with E-state index in [9.17, 15) is 48.3 Å². The molecule has 0 aliphatic heterocycles. The van der Waals surface area contributed by atoms with Crippen LogP contribution in [0.3, 0.4) is 0 Å². The summed E-state index contributed by atoms with van der Waals surface area (Å²) < 4.78 is 0. The molecule has 0 aliphatic rings. The van der Waals surface area contributed by atoms with E-state index < -0.39 is 66.1 Å². The molecule has 7 amide bonds. The number of rotatable bonds is 30. The maximum Gasteiger partial charge on any atom is 0.326 e. The maximum absolute atomic E-state index is 13.2. The number of hydrogen-bond acceptors (Lipinski definition) is 11. The Labute approximate surface area is 379 Å². The van der Waals surface area contributed by atoms with Crippen molar-refractivity contribution in [3.05, 3.63) is 70.8 Å². The van der Waals surface area contributed by atoms with Gasteiger partial charge in [0.15, 0.2) is 0 Å². The molecule has 2 aromatic carbocycles. The zero-order chi connectivity index (χ0) is 47.6. The highest BCUT2D eigenvalue weighted by Crippen LogP contribution is 2.10. The summed E-state index contributed by atoms with van der Waals surface area (Å²) in [5, 5.41) is 28.0. The minimum absolute atomic E-state index is 0.0242. The van der Waals surface area contributed by atoms with Gasteiger partial charge in [0.25, 0.3) is 11.8 Å². The number of benzene rings is 2. The Morgan fingerprint density at radius 2 is 1.20 bits per heavy atom. The lowest BCUT2D eigenvalue weighted by Crippen LogP contribution is -2.51. The highest BCUT2D eigenvalue weighted by Gasteiger charge is 2.26. The van der Waals surface area contributed by atoms with Crippen LogP contribution in [0, 0.1) is 11.8 Å². The van der Waals surface area contributed by atoms with Gasteiger partial charge < -0.3 is 48.1 Å². The maximum atomic E-state index is 13.2. The minimum atomic E-state index is -1.24. The second-order valence-electron chi connectivity index (χ2n) is 15.9. The zero-order valence-corrected chi connectivity index (χ0v) is 38.3. The fourth-order valence-corrected chi connectivity index (χ4v) is 6.56. The van der Waals surface area contributed by atoms with Crippen LogP contribution in [-0.4, -0.2) is 108 Å². The molecule has 3 unspecified atom stereocenters. The molecule has 0 fully saturated rings. The van der Waals surface area contributed by atoms with Crippen LogP contribution in [0.5, 0.6) is 0 Å². The summed E-state index contributed by atoms with van der Waals surface area (Å²) in [5.41, 5.74) is 7.70. The third-order valence-electron chi connectivity index (χ3n) is 10.1. The molecule has 64 heavy (non-hydrogen) atoms. The molecule has 0 radical (unpaired) electrons. The van der Waals surface area contributed by atoms with E-state index in [-0.39, 0.29) is 55.0 Å². The SMILES string of the molecule is CSCCC(NC(=O)c1ccc(CNC(=O)C(NC(=O)CNC(=O)c2ccc(CN)cc2)C(C)C)cc1)C(=O)NCC(=O)NC(CCCCNC(=O)CCCCC(=O)C(C)C)C(=O)O. The number of carboxylic acid groups (broad SMARTS) is 1. The fourth-order valence-electron chi connectivity index (χ4n) is 6.09. The number of hydrogen-bond donors (Lipinski definition) is 9. The van der Waals surface area contributed by atoms with Gasteiger partial charge in [-0.3, -0.25) is 38.4 Å². The topological polar surface area (TPSA) is 284 Å². The zero-order valence-electron chi connectivity index (χ0n) is 37.5. The number of ketones is 1. The smallest absolute Gasteiger partial charge is 0.326 e. The van der Waals surface area contributed by atoms with E-state index in [1.54, 1.807) is 50.2 Å². The predicted molar refractivity (Wildman–Crippen MR) is 244 cm³/mol. The highest BCUT2D eigenvalue weighted by molar-refractivity contribution is 7.98. The van der Waals surface area contributed by atoms with Gasteiger partial charge in [-0.15, -0.1) is 0 Å². The number of aliphatic carboxylic acids is 1. The van der Waals surface area contributed by atoms with Crippen LogP contribution in [0.2, 0.25) is 0 Å². The van der Waals surface area contributed by atoms with Crippen LogP contribution < -0.4 is 43.0 Å². The number of unbranched alkanes of at least 4 members (excludes halogenated alkanes) is 2. The Kier molecular flexibility index (Phi) is 25.1. The molecular formula is C45H66N8O10S. The van der Waals surface area contributed by atoms with E-state index in [0.29, 0.717) is 68.5 Å². The molecule has 0 aliphatic carbocycles. The summed E-state index contributed by atoms with van der Waals surface area (Å²) in [6.07, 6.45) is 5.07. The molecule has 0 saturated carbocycles. The van der Waals surface area contributed by atoms with Gasteiger partial charge in [-0.05, 0) is 91.8 Å². The molecular weight excluding hydrogens is 845 g/mol. The van der Waals surface area contributed by atoms with E-state index in [0.717, 1.165) is 5.56 Å². The van der Waals surface area contributed by atoms with Crippen LogP contribution in [0.1, 0.15) is 111 Å². The van der Waals surface area contributed by atoms with Crippen LogP contribution in [0.4, 0.5) is 0 Å². The number of thioether (sulfide) groups is 1. The second kappa shape index (κ2) is 29.5. The molecule has 0 aromatic heterocycles. The van der Waals surface area contributed by atoms with E-state index in [1.807, 2.05) is 20.1 Å². The molecule has 10 N–H and O–H groups in total.